The largest absolute Gasteiger partial charge is 0.492 e. The summed E-state index contributed by atoms with van der Waals surface area (Å²) in [6.45, 7) is 25.8. The van der Waals surface area contributed by atoms with Crippen molar-refractivity contribution < 1.29 is 43.4 Å². The predicted molar refractivity (Wildman–Crippen MR) is 340 cm³/mol. The Morgan fingerprint density at radius 3 is 1.36 bits per heavy atom. The maximum Gasteiger partial charge on any atom is 0.297 e. The molecule has 2 saturated heterocycles. The summed E-state index contributed by atoms with van der Waals surface area (Å²) < 4.78 is 26.6. The number of halogens is 1. The summed E-state index contributed by atoms with van der Waals surface area (Å²) >= 11 is 4.64. The number of aryl methyl sites for hydroxylation is 2. The van der Waals surface area contributed by atoms with Crippen LogP contribution < -0.4 is 26.0 Å². The van der Waals surface area contributed by atoms with Gasteiger partial charge in [-0.3, -0.25) is 24.2 Å². The third kappa shape index (κ3) is 16.9. The molecule has 456 valence electrons. The van der Waals surface area contributed by atoms with Crippen LogP contribution in [0.4, 0.5) is 11.6 Å². The van der Waals surface area contributed by atoms with E-state index in [-0.39, 0.29) is 16.5 Å². The second-order valence-corrected chi connectivity index (χ2v) is 22.6. The number of benzene rings is 6. The average Bonchev–Trinajstić information content (AvgIpc) is 2.34. The van der Waals surface area contributed by atoms with Crippen LogP contribution in [0.25, 0.3) is 32.9 Å². The van der Waals surface area contributed by atoms with E-state index in [0.29, 0.717) is 47.1 Å². The van der Waals surface area contributed by atoms with Gasteiger partial charge in [-0.15, -0.1) is 11.6 Å². The highest BCUT2D eigenvalue weighted by Gasteiger charge is 2.28. The Kier molecular flexibility index (Phi) is 23.5. The van der Waals surface area contributed by atoms with Crippen molar-refractivity contribution >= 4 is 68.1 Å². The Morgan fingerprint density at radius 1 is 0.570 bits per heavy atom. The summed E-state index contributed by atoms with van der Waals surface area (Å²) in [6.07, 6.45) is 1.47. The fourth-order valence-electron chi connectivity index (χ4n) is 9.63. The third-order valence-corrected chi connectivity index (χ3v) is 14.4. The third-order valence-electron chi connectivity index (χ3n) is 14.4. The van der Waals surface area contributed by atoms with Gasteiger partial charge in [0.05, 0.1) is 49.2 Å². The lowest BCUT2D eigenvalue weighted by Crippen LogP contribution is -2.38. The number of amides is 2. The number of hydrogen-bond acceptors (Lipinski definition) is 15. The zero-order valence-corrected chi connectivity index (χ0v) is 51.7. The zero-order valence-electron chi connectivity index (χ0n) is 51.0. The molecule has 0 bridgehead atoms. The van der Waals surface area contributed by atoms with E-state index in [4.69, 9.17) is 39.2 Å². The summed E-state index contributed by atoms with van der Waals surface area (Å²) in [7, 11) is 1.44. The van der Waals surface area contributed by atoms with Gasteiger partial charge in [-0.05, 0) is 73.2 Å². The van der Waals surface area contributed by atoms with Crippen LogP contribution in [-0.4, -0.2) is 150 Å². The minimum absolute atomic E-state index is 0.155. The van der Waals surface area contributed by atoms with Crippen molar-refractivity contribution in [1.29, 1.82) is 0 Å². The minimum atomic E-state index is -0.722. The molecule has 0 aliphatic carbocycles. The number of nitrogens with two attached hydrogens (primary N) is 1. The van der Waals surface area contributed by atoms with Gasteiger partial charge in [0, 0.05) is 90.5 Å². The molecule has 2 aliphatic heterocycles. The summed E-state index contributed by atoms with van der Waals surface area (Å²) in [4.78, 5) is 50.5. The van der Waals surface area contributed by atoms with Crippen LogP contribution in [-0.2, 0) is 34.7 Å². The van der Waals surface area contributed by atoms with E-state index in [1.165, 1.54) is 13.5 Å². The standard InChI is InChI=1S/C33H39N5O4.C32H36N4O4.CH3Cl.H3NO/c1-23-10-12-24(13-11-23)38-30(22-29(35-38)33(2,3)4)34-32(39)31(36-40-5)27-14-15-28(26-9-7-6-8-25(26)27)42-21-18-37-16-19-41-20-17-37;1-22-9-11-23(12-10-22)36-29(21-28(34-36)32(2,3)4)33-31(38)30(37)26-13-14-27(25-8-6-5-7-24(25)26)40-20-17-35-15-18-39-19-16-35;2*1-2/h6-15,22H,16-21H2,1-5H3,(H,34,39);5-14,21H,15-20H2,1-4H3,(H,33,38);1H3;2H,1H2. The molecule has 8 aromatic rings. The van der Waals surface area contributed by atoms with Gasteiger partial charge < -0.3 is 39.6 Å². The Labute approximate surface area is 508 Å². The Balaban J connectivity index is 0.000000233. The van der Waals surface area contributed by atoms with Crippen LogP contribution in [0.5, 0.6) is 11.5 Å². The van der Waals surface area contributed by atoms with E-state index in [1.807, 2.05) is 135 Å². The summed E-state index contributed by atoms with van der Waals surface area (Å²) in [5.41, 5.74) is 6.23. The number of morpholine rings is 2. The van der Waals surface area contributed by atoms with Crippen molar-refractivity contribution in [3.63, 3.8) is 0 Å². The molecule has 6 aromatic carbocycles. The number of Topliss-reactive ketones (excluding diaryl/α,β-unsaturated/α-hetero) is 1. The molecule has 10 rings (SSSR count). The predicted octanol–water partition coefficient (Wildman–Crippen LogP) is 10.7. The second kappa shape index (κ2) is 30.9. The second-order valence-electron chi connectivity index (χ2n) is 22.6. The van der Waals surface area contributed by atoms with E-state index in [0.717, 1.165) is 121 Å². The number of fused-ring (bicyclic) bond motifs is 2. The fourth-order valence-corrected chi connectivity index (χ4v) is 9.63. The van der Waals surface area contributed by atoms with Gasteiger partial charge in [0.1, 0.15) is 43.5 Å². The monoisotopic (exact) mass is 1190 g/mol. The number of carbonyl (C=O) groups excluding carboxylic acids is 3. The van der Waals surface area contributed by atoms with E-state index >= 15 is 0 Å². The van der Waals surface area contributed by atoms with E-state index in [9.17, 15) is 14.4 Å². The van der Waals surface area contributed by atoms with Gasteiger partial charge in [-0.25, -0.2) is 15.3 Å². The fraction of sp³-hybridized carbons (Fsp3) is 0.364. The Bertz CT molecular complexity index is 3560. The lowest BCUT2D eigenvalue weighted by molar-refractivity contribution is -0.112. The highest BCUT2D eigenvalue weighted by Crippen LogP contribution is 2.33. The molecule has 19 nitrogen and oxygen atoms in total. The molecule has 0 saturated carbocycles. The number of anilines is 2. The van der Waals surface area contributed by atoms with Crippen molar-refractivity contribution in [1.82, 2.24) is 29.4 Å². The molecule has 2 aliphatic rings. The minimum Gasteiger partial charge on any atom is -0.492 e. The van der Waals surface area contributed by atoms with Crippen molar-refractivity contribution in [2.45, 2.75) is 66.2 Å². The molecule has 2 fully saturated rings. The number of ketones is 1. The molecule has 4 heterocycles. The topological polar surface area (TPSA) is 222 Å². The number of oxime groups is 1. The van der Waals surface area contributed by atoms with Gasteiger partial charge in [-0.1, -0.05) is 131 Å². The molecular formula is C66H81ClN10O9. The molecular weight excluding hydrogens is 1110 g/mol. The highest BCUT2D eigenvalue weighted by molar-refractivity contribution is 6.50. The maximum absolute atomic E-state index is 13.9. The molecule has 86 heavy (non-hydrogen) atoms. The molecule has 20 heteroatoms. The number of nitrogens with one attached hydrogen (secondary N) is 2. The lowest BCUT2D eigenvalue weighted by Gasteiger charge is -2.26. The Morgan fingerprint density at radius 2 is 0.953 bits per heavy atom. The van der Waals surface area contributed by atoms with Crippen LogP contribution in [0, 0.1) is 13.8 Å². The van der Waals surface area contributed by atoms with Crippen molar-refractivity contribution in [2.24, 2.45) is 11.1 Å². The highest BCUT2D eigenvalue weighted by atomic mass is 35.5. The number of nitrogens with zero attached hydrogens (tertiary/aromatic N) is 7. The first-order chi connectivity index (χ1) is 41.4. The van der Waals surface area contributed by atoms with Crippen molar-refractivity contribution in [2.75, 3.05) is 103 Å². The number of alkyl halides is 1. The summed E-state index contributed by atoms with van der Waals surface area (Å²) in [5, 5.41) is 29.4. The smallest absolute Gasteiger partial charge is 0.297 e. The van der Waals surface area contributed by atoms with Crippen LogP contribution in [0.1, 0.15) is 80.0 Å². The van der Waals surface area contributed by atoms with E-state index in [1.54, 1.807) is 21.5 Å². The molecule has 5 N–H and O–H groups in total. The van der Waals surface area contributed by atoms with Gasteiger partial charge in [0.15, 0.2) is 5.71 Å². The van der Waals surface area contributed by atoms with E-state index in [2.05, 4.69) is 84.6 Å². The summed E-state index contributed by atoms with van der Waals surface area (Å²) in [5.74, 6) is 4.19. The van der Waals surface area contributed by atoms with Crippen molar-refractivity contribution in [3.05, 3.63) is 167 Å². The number of rotatable bonds is 17. The van der Waals surface area contributed by atoms with E-state index < -0.39 is 17.6 Å². The normalized spacial score (nSPS) is 13.9. The van der Waals surface area contributed by atoms with Crippen molar-refractivity contribution in [3.8, 4) is 22.9 Å². The molecule has 0 spiro atoms. The van der Waals surface area contributed by atoms with Crippen LogP contribution >= 0.6 is 11.6 Å². The van der Waals surface area contributed by atoms with Crippen LogP contribution in [0.2, 0.25) is 0 Å². The van der Waals surface area contributed by atoms with Crippen LogP contribution in [0.15, 0.2) is 139 Å². The maximum atomic E-state index is 13.9. The number of hydrogen-bond donors (Lipinski definition) is 4. The molecule has 2 aromatic heterocycles. The number of aromatic nitrogens is 4. The quantitative estimate of drug-likeness (QED) is 0.0219. The first-order valence-electron chi connectivity index (χ1n) is 28.6. The van der Waals surface area contributed by atoms with Gasteiger partial charge in [0.25, 0.3) is 17.6 Å². The summed E-state index contributed by atoms with van der Waals surface area (Å²) in [6, 6.07) is 42.2. The number of ether oxygens (including phenoxy) is 4. The molecule has 0 unspecified atom stereocenters. The number of carbonyl (C=O) groups is 3. The van der Waals surface area contributed by atoms with Gasteiger partial charge in [0.2, 0.25) is 0 Å². The van der Waals surface area contributed by atoms with Crippen LogP contribution in [0.3, 0.4) is 0 Å². The Hall–Kier alpha value is -8.01. The first kappa shape index (κ1) is 65.5. The SMILES string of the molecule is CCl.CON=C(C(=O)Nc1cc(C(C)(C)C)nn1-c1ccc(C)cc1)c1ccc(OCCN2CCOCC2)c2ccccc12.Cc1ccc(-n2nc(C(C)(C)C)cc2NC(=O)C(=O)c2ccc(OCCN3CCOCC3)c3ccccc23)cc1.NO. The first-order valence-corrected chi connectivity index (χ1v) is 29.4. The van der Waals surface area contributed by atoms with Gasteiger partial charge in [-0.2, -0.15) is 10.2 Å². The van der Waals surface area contributed by atoms with Gasteiger partial charge >= 0.3 is 0 Å². The lowest BCUT2D eigenvalue weighted by atomic mass is 9.92. The molecule has 0 radical (unpaired) electrons. The average molecular weight is 1190 g/mol. The molecule has 0 atom stereocenters. The molecule has 2 amide bonds. The zero-order chi connectivity index (χ0) is 62.0.